The smallest absolute Gasteiger partial charge is 0.255 e. The Morgan fingerprint density at radius 3 is 2.71 bits per heavy atom. The molecule has 1 amide bonds. The summed E-state index contributed by atoms with van der Waals surface area (Å²) < 4.78 is 5.51. The van der Waals surface area contributed by atoms with Crippen molar-refractivity contribution < 1.29 is 9.53 Å². The monoisotopic (exact) mass is 323 g/mol. The molecule has 2 rings (SSSR count). The van der Waals surface area contributed by atoms with Crippen LogP contribution >= 0.6 is 23.2 Å². The maximum atomic E-state index is 12.2. The van der Waals surface area contributed by atoms with E-state index in [1.54, 1.807) is 36.4 Å². The van der Waals surface area contributed by atoms with Gasteiger partial charge in [0.15, 0.2) is 0 Å². The highest BCUT2D eigenvalue weighted by Gasteiger charge is 2.11. The number of hydrogen-bond acceptors (Lipinski definition) is 2. The first-order valence-electron chi connectivity index (χ1n) is 6.60. The Morgan fingerprint density at radius 1 is 1.19 bits per heavy atom. The van der Waals surface area contributed by atoms with Crippen LogP contribution in [0.4, 0.5) is 5.69 Å². The Balaban J connectivity index is 2.15. The number of amides is 1. The van der Waals surface area contributed by atoms with Gasteiger partial charge in [0, 0.05) is 5.56 Å². The Bertz CT molecular complexity index is 644. The van der Waals surface area contributed by atoms with Crippen LogP contribution in [0.25, 0.3) is 0 Å². The van der Waals surface area contributed by atoms with Gasteiger partial charge in [0.1, 0.15) is 5.75 Å². The van der Waals surface area contributed by atoms with Gasteiger partial charge in [0.05, 0.1) is 22.3 Å². The van der Waals surface area contributed by atoms with Crippen molar-refractivity contribution in [1.82, 2.24) is 0 Å². The van der Waals surface area contributed by atoms with Gasteiger partial charge in [-0.2, -0.15) is 0 Å². The molecule has 0 aliphatic rings. The summed E-state index contributed by atoms with van der Waals surface area (Å²) in [6.45, 7) is 2.64. The fourth-order valence-corrected chi connectivity index (χ4v) is 2.09. The topological polar surface area (TPSA) is 38.3 Å². The average Bonchev–Trinajstić information content (AvgIpc) is 2.50. The first kappa shape index (κ1) is 15.7. The second kappa shape index (κ2) is 7.34. The summed E-state index contributed by atoms with van der Waals surface area (Å²) in [5, 5.41) is 3.46. The van der Waals surface area contributed by atoms with E-state index in [9.17, 15) is 4.79 Å². The number of benzene rings is 2. The molecule has 0 saturated heterocycles. The molecule has 0 bridgehead atoms. The zero-order valence-electron chi connectivity index (χ0n) is 11.5. The van der Waals surface area contributed by atoms with Crippen molar-refractivity contribution in [3.8, 4) is 5.75 Å². The van der Waals surface area contributed by atoms with Crippen LogP contribution in [0.5, 0.6) is 5.75 Å². The molecule has 0 heterocycles. The third kappa shape index (κ3) is 4.13. The molecule has 2 aromatic rings. The zero-order chi connectivity index (χ0) is 15.2. The quantitative estimate of drug-likeness (QED) is 0.837. The third-order valence-corrected chi connectivity index (χ3v) is 3.59. The normalized spacial score (nSPS) is 10.2. The Labute approximate surface area is 133 Å². The minimum absolute atomic E-state index is 0.263. The van der Waals surface area contributed by atoms with E-state index < -0.39 is 0 Å². The standard InChI is InChI=1S/C16H15Cl2NO2/c1-2-9-21-12-6-3-5-11(10-12)16(20)19-14-8-4-7-13(17)15(14)18/h3-8,10H,2,9H2,1H3,(H,19,20). The molecule has 0 aliphatic heterocycles. The van der Waals surface area contributed by atoms with E-state index in [4.69, 9.17) is 27.9 Å². The molecule has 0 spiro atoms. The van der Waals surface area contributed by atoms with Crippen LogP contribution in [-0.4, -0.2) is 12.5 Å². The zero-order valence-corrected chi connectivity index (χ0v) is 13.0. The lowest BCUT2D eigenvalue weighted by Gasteiger charge is -2.09. The van der Waals surface area contributed by atoms with Gasteiger partial charge in [-0.25, -0.2) is 0 Å². The average molecular weight is 324 g/mol. The van der Waals surface area contributed by atoms with E-state index in [1.165, 1.54) is 0 Å². The highest BCUT2D eigenvalue weighted by molar-refractivity contribution is 6.44. The SMILES string of the molecule is CCCOc1cccc(C(=O)Nc2cccc(Cl)c2Cl)c1. The van der Waals surface area contributed by atoms with Gasteiger partial charge >= 0.3 is 0 Å². The van der Waals surface area contributed by atoms with E-state index in [0.717, 1.165) is 6.42 Å². The highest BCUT2D eigenvalue weighted by Crippen LogP contribution is 2.30. The third-order valence-electron chi connectivity index (χ3n) is 2.77. The first-order valence-corrected chi connectivity index (χ1v) is 7.35. The first-order chi connectivity index (χ1) is 10.1. The molecule has 110 valence electrons. The number of nitrogens with one attached hydrogen (secondary N) is 1. The number of rotatable bonds is 5. The van der Waals surface area contributed by atoms with Crippen molar-refractivity contribution >= 4 is 34.8 Å². The molecule has 0 aliphatic carbocycles. The number of ether oxygens (including phenoxy) is 1. The molecular formula is C16H15Cl2NO2. The number of carbonyl (C=O) groups excluding carboxylic acids is 1. The minimum atomic E-state index is -0.263. The Morgan fingerprint density at radius 2 is 1.95 bits per heavy atom. The van der Waals surface area contributed by atoms with Crippen LogP contribution in [0.2, 0.25) is 10.0 Å². The maximum Gasteiger partial charge on any atom is 0.255 e. The molecule has 2 aromatic carbocycles. The minimum Gasteiger partial charge on any atom is -0.494 e. The van der Waals surface area contributed by atoms with E-state index in [0.29, 0.717) is 33.7 Å². The van der Waals surface area contributed by atoms with E-state index in [1.807, 2.05) is 13.0 Å². The van der Waals surface area contributed by atoms with E-state index in [-0.39, 0.29) is 5.91 Å². The molecule has 1 N–H and O–H groups in total. The molecular weight excluding hydrogens is 309 g/mol. The summed E-state index contributed by atoms with van der Waals surface area (Å²) in [4.78, 5) is 12.2. The molecule has 3 nitrogen and oxygen atoms in total. The van der Waals surface area contributed by atoms with Gasteiger partial charge in [-0.1, -0.05) is 42.3 Å². The summed E-state index contributed by atoms with van der Waals surface area (Å²) in [6, 6.07) is 12.1. The van der Waals surface area contributed by atoms with Gasteiger partial charge in [-0.3, -0.25) is 4.79 Å². The highest BCUT2D eigenvalue weighted by atomic mass is 35.5. The molecule has 5 heteroatoms. The molecule has 0 unspecified atom stereocenters. The molecule has 0 aromatic heterocycles. The predicted octanol–water partition coefficient (Wildman–Crippen LogP) is 5.03. The maximum absolute atomic E-state index is 12.2. The summed E-state index contributed by atoms with van der Waals surface area (Å²) in [5.41, 5.74) is 0.980. The lowest BCUT2D eigenvalue weighted by molar-refractivity contribution is 0.102. The van der Waals surface area contributed by atoms with Crippen LogP contribution in [0.1, 0.15) is 23.7 Å². The van der Waals surface area contributed by atoms with Crippen LogP contribution in [0.3, 0.4) is 0 Å². The second-order valence-corrected chi connectivity index (χ2v) is 5.22. The van der Waals surface area contributed by atoms with E-state index >= 15 is 0 Å². The fourth-order valence-electron chi connectivity index (χ4n) is 1.74. The van der Waals surface area contributed by atoms with Gasteiger partial charge in [-0.05, 0) is 36.8 Å². The Kier molecular flexibility index (Phi) is 5.48. The van der Waals surface area contributed by atoms with Crippen LogP contribution in [0, 0.1) is 0 Å². The van der Waals surface area contributed by atoms with Crippen molar-refractivity contribution in [3.63, 3.8) is 0 Å². The number of carbonyl (C=O) groups is 1. The van der Waals surface area contributed by atoms with E-state index in [2.05, 4.69) is 5.32 Å². The number of halogens is 2. The van der Waals surface area contributed by atoms with Crippen molar-refractivity contribution in [1.29, 1.82) is 0 Å². The predicted molar refractivity (Wildman–Crippen MR) is 86.6 cm³/mol. The summed E-state index contributed by atoms with van der Waals surface area (Å²) in [6.07, 6.45) is 0.911. The molecule has 0 radical (unpaired) electrons. The summed E-state index contributed by atoms with van der Waals surface area (Å²) in [7, 11) is 0. The van der Waals surface area contributed by atoms with Crippen molar-refractivity contribution in [2.75, 3.05) is 11.9 Å². The lowest BCUT2D eigenvalue weighted by Crippen LogP contribution is -2.12. The van der Waals surface area contributed by atoms with Crippen molar-refractivity contribution in [2.24, 2.45) is 0 Å². The van der Waals surface area contributed by atoms with Crippen LogP contribution < -0.4 is 10.1 Å². The molecule has 0 atom stereocenters. The second-order valence-electron chi connectivity index (χ2n) is 4.43. The summed E-state index contributed by atoms with van der Waals surface area (Å²) >= 11 is 12.0. The van der Waals surface area contributed by atoms with Gasteiger partial charge in [0.25, 0.3) is 5.91 Å². The number of anilines is 1. The molecule has 21 heavy (non-hydrogen) atoms. The Hall–Kier alpha value is -1.71. The van der Waals surface area contributed by atoms with Gasteiger partial charge in [0.2, 0.25) is 0 Å². The van der Waals surface area contributed by atoms with Gasteiger partial charge < -0.3 is 10.1 Å². The fraction of sp³-hybridized carbons (Fsp3) is 0.188. The number of hydrogen-bond donors (Lipinski definition) is 1. The molecule has 0 fully saturated rings. The van der Waals surface area contributed by atoms with Crippen LogP contribution in [-0.2, 0) is 0 Å². The van der Waals surface area contributed by atoms with Crippen molar-refractivity contribution in [3.05, 3.63) is 58.1 Å². The largest absolute Gasteiger partial charge is 0.494 e. The van der Waals surface area contributed by atoms with Gasteiger partial charge in [-0.15, -0.1) is 0 Å². The van der Waals surface area contributed by atoms with Crippen molar-refractivity contribution in [2.45, 2.75) is 13.3 Å². The van der Waals surface area contributed by atoms with Crippen LogP contribution in [0.15, 0.2) is 42.5 Å². The lowest BCUT2D eigenvalue weighted by atomic mass is 10.2. The molecule has 0 saturated carbocycles. The summed E-state index contributed by atoms with van der Waals surface area (Å²) in [5.74, 6) is 0.405.